The van der Waals surface area contributed by atoms with Gasteiger partial charge in [0.25, 0.3) is 0 Å². The van der Waals surface area contributed by atoms with Gasteiger partial charge in [-0.05, 0) is 49.4 Å². The minimum Gasteiger partial charge on any atom is -0.497 e. The third-order valence-electron chi connectivity index (χ3n) is 3.83. The van der Waals surface area contributed by atoms with E-state index >= 15 is 0 Å². The van der Waals surface area contributed by atoms with Crippen LogP contribution in [-0.4, -0.2) is 40.8 Å². The zero-order valence-electron chi connectivity index (χ0n) is 15.4. The molecule has 0 aromatic heterocycles. The minimum atomic E-state index is -3.71. The summed E-state index contributed by atoms with van der Waals surface area (Å²) in [7, 11) is -0.708. The average Bonchev–Trinajstić information content (AvgIpc) is 2.61. The van der Waals surface area contributed by atoms with Gasteiger partial charge in [-0.2, -0.15) is 0 Å². The Morgan fingerprint density at radius 3 is 2.22 bits per heavy atom. The van der Waals surface area contributed by atoms with E-state index in [-0.39, 0.29) is 0 Å². The van der Waals surface area contributed by atoms with Crippen LogP contribution in [-0.2, 0) is 14.8 Å². The number of carbonyl (C=O) groups is 1. The maximum absolute atomic E-state index is 12.6. The number of nitrogens with zero attached hydrogens (tertiary/aromatic N) is 1. The Hall–Kier alpha value is -2.45. The molecule has 0 saturated heterocycles. The van der Waals surface area contributed by atoms with Crippen molar-refractivity contribution in [3.8, 4) is 11.5 Å². The SMILES string of the molecule is COc1ccc(N([C@@H](C)C(=O)Nc2ccc(OC)c(Cl)c2)S(C)(=O)=O)cc1. The lowest BCUT2D eigenvalue weighted by Gasteiger charge is -2.28. The van der Waals surface area contributed by atoms with Crippen molar-refractivity contribution in [1.82, 2.24) is 0 Å². The van der Waals surface area contributed by atoms with Gasteiger partial charge in [0.15, 0.2) is 0 Å². The highest BCUT2D eigenvalue weighted by molar-refractivity contribution is 7.92. The molecule has 1 N–H and O–H groups in total. The highest BCUT2D eigenvalue weighted by Gasteiger charge is 2.29. The number of nitrogens with one attached hydrogen (secondary N) is 1. The molecule has 7 nitrogen and oxygen atoms in total. The zero-order valence-corrected chi connectivity index (χ0v) is 17.0. The highest BCUT2D eigenvalue weighted by atomic mass is 35.5. The summed E-state index contributed by atoms with van der Waals surface area (Å²) in [5.41, 5.74) is 0.787. The fourth-order valence-electron chi connectivity index (χ4n) is 2.53. The van der Waals surface area contributed by atoms with Crippen molar-refractivity contribution in [2.45, 2.75) is 13.0 Å². The second-order valence-electron chi connectivity index (χ2n) is 5.77. The van der Waals surface area contributed by atoms with Crippen LogP contribution in [0.25, 0.3) is 0 Å². The van der Waals surface area contributed by atoms with Crippen molar-refractivity contribution in [3.63, 3.8) is 0 Å². The van der Waals surface area contributed by atoms with Crippen LogP contribution in [0.5, 0.6) is 11.5 Å². The van der Waals surface area contributed by atoms with Gasteiger partial charge in [-0.25, -0.2) is 8.42 Å². The van der Waals surface area contributed by atoms with Crippen LogP contribution < -0.4 is 19.1 Å². The van der Waals surface area contributed by atoms with Crippen molar-refractivity contribution < 1.29 is 22.7 Å². The van der Waals surface area contributed by atoms with Crippen molar-refractivity contribution in [2.24, 2.45) is 0 Å². The quantitative estimate of drug-likeness (QED) is 0.755. The van der Waals surface area contributed by atoms with E-state index in [1.54, 1.807) is 36.4 Å². The topological polar surface area (TPSA) is 84.9 Å². The standard InChI is InChI=1S/C18H21ClN2O5S/c1-12(18(22)20-13-5-10-17(26-3)16(19)11-13)21(27(4,23)24)14-6-8-15(25-2)9-7-14/h5-12H,1-4H3,(H,20,22)/t12-/m0/s1. The number of methoxy groups -OCH3 is 2. The second kappa shape index (κ2) is 8.49. The van der Waals surface area contributed by atoms with E-state index in [9.17, 15) is 13.2 Å². The lowest BCUT2D eigenvalue weighted by molar-refractivity contribution is -0.116. The predicted molar refractivity (Wildman–Crippen MR) is 106 cm³/mol. The van der Waals surface area contributed by atoms with Crippen molar-refractivity contribution in [1.29, 1.82) is 0 Å². The van der Waals surface area contributed by atoms with Crippen molar-refractivity contribution in [3.05, 3.63) is 47.5 Å². The molecule has 1 atom stereocenters. The Kier molecular flexibility index (Phi) is 6.56. The fraction of sp³-hybridized carbons (Fsp3) is 0.278. The van der Waals surface area contributed by atoms with Gasteiger partial charge in [0.05, 0.1) is 31.2 Å². The summed E-state index contributed by atoms with van der Waals surface area (Å²) in [5.74, 6) is 0.549. The van der Waals surface area contributed by atoms with Crippen LogP contribution >= 0.6 is 11.6 Å². The molecule has 2 aromatic carbocycles. The number of anilines is 2. The van der Waals surface area contributed by atoms with Crippen molar-refractivity contribution in [2.75, 3.05) is 30.1 Å². The van der Waals surface area contributed by atoms with Crippen molar-refractivity contribution >= 4 is 38.9 Å². The number of rotatable bonds is 7. The molecular formula is C18H21ClN2O5S. The first-order chi connectivity index (χ1) is 12.7. The Labute approximate surface area is 163 Å². The molecule has 27 heavy (non-hydrogen) atoms. The number of carbonyl (C=O) groups excluding carboxylic acids is 1. The molecule has 0 spiro atoms. The number of benzene rings is 2. The lowest BCUT2D eigenvalue weighted by Crippen LogP contribution is -2.45. The Bertz CT molecular complexity index is 916. The summed E-state index contributed by atoms with van der Waals surface area (Å²) in [6.07, 6.45) is 1.05. The molecule has 0 aliphatic carbocycles. The molecule has 146 valence electrons. The Morgan fingerprint density at radius 1 is 1.11 bits per heavy atom. The average molecular weight is 413 g/mol. The maximum Gasteiger partial charge on any atom is 0.247 e. The number of hydrogen-bond donors (Lipinski definition) is 1. The van der Waals surface area contributed by atoms with Crippen LogP contribution in [0, 0.1) is 0 Å². The number of amides is 1. The van der Waals surface area contributed by atoms with E-state index in [4.69, 9.17) is 21.1 Å². The summed E-state index contributed by atoms with van der Waals surface area (Å²) in [6, 6.07) is 10.2. The lowest BCUT2D eigenvalue weighted by atomic mass is 10.2. The summed E-state index contributed by atoms with van der Waals surface area (Å²) < 4.78 is 35.8. The Balaban J connectivity index is 2.27. The molecule has 0 saturated carbocycles. The van der Waals surface area contributed by atoms with Gasteiger partial charge >= 0.3 is 0 Å². The molecule has 9 heteroatoms. The van der Waals surface area contributed by atoms with E-state index in [1.165, 1.54) is 27.2 Å². The van der Waals surface area contributed by atoms with E-state index in [2.05, 4.69) is 5.32 Å². The minimum absolute atomic E-state index is 0.332. The van der Waals surface area contributed by atoms with Crippen LogP contribution in [0.1, 0.15) is 6.92 Å². The van der Waals surface area contributed by atoms with Crippen LogP contribution in [0.2, 0.25) is 5.02 Å². The summed E-state index contributed by atoms with van der Waals surface area (Å²) >= 11 is 6.06. The first-order valence-corrected chi connectivity index (χ1v) is 10.2. The molecule has 2 aromatic rings. The van der Waals surface area contributed by atoms with Gasteiger partial charge < -0.3 is 14.8 Å². The predicted octanol–water partition coefficient (Wildman–Crippen LogP) is 3.15. The van der Waals surface area contributed by atoms with Gasteiger partial charge in [0, 0.05) is 5.69 Å². The van der Waals surface area contributed by atoms with Crippen LogP contribution in [0.3, 0.4) is 0 Å². The molecule has 0 bridgehead atoms. The second-order valence-corrected chi connectivity index (χ2v) is 8.04. The van der Waals surface area contributed by atoms with Gasteiger partial charge in [0.2, 0.25) is 15.9 Å². The first-order valence-electron chi connectivity index (χ1n) is 7.95. The number of sulfonamides is 1. The van der Waals surface area contributed by atoms with Crippen LogP contribution in [0.4, 0.5) is 11.4 Å². The molecule has 1 amide bonds. The largest absolute Gasteiger partial charge is 0.497 e. The van der Waals surface area contributed by atoms with E-state index < -0.39 is 22.0 Å². The van der Waals surface area contributed by atoms with Gasteiger partial charge in [0.1, 0.15) is 17.5 Å². The zero-order chi connectivity index (χ0) is 20.2. The number of hydrogen-bond acceptors (Lipinski definition) is 5. The van der Waals surface area contributed by atoms with E-state index in [0.717, 1.165) is 10.6 Å². The first kappa shape index (κ1) is 20.9. The van der Waals surface area contributed by atoms with Crippen LogP contribution in [0.15, 0.2) is 42.5 Å². The molecule has 0 heterocycles. The third kappa shape index (κ3) is 5.05. The Morgan fingerprint density at radius 2 is 1.74 bits per heavy atom. The molecule has 0 aliphatic heterocycles. The maximum atomic E-state index is 12.6. The third-order valence-corrected chi connectivity index (χ3v) is 5.37. The van der Waals surface area contributed by atoms with Gasteiger partial charge in [-0.15, -0.1) is 0 Å². The van der Waals surface area contributed by atoms with E-state index in [0.29, 0.717) is 27.9 Å². The molecule has 0 radical (unpaired) electrons. The molecule has 0 aliphatic rings. The molecule has 0 fully saturated rings. The molecular weight excluding hydrogens is 392 g/mol. The monoisotopic (exact) mass is 412 g/mol. The van der Waals surface area contributed by atoms with Gasteiger partial charge in [-0.3, -0.25) is 9.10 Å². The smallest absolute Gasteiger partial charge is 0.247 e. The fourth-order valence-corrected chi connectivity index (χ4v) is 3.96. The summed E-state index contributed by atoms with van der Waals surface area (Å²) in [5, 5.41) is 3.00. The number of ether oxygens (including phenoxy) is 2. The van der Waals surface area contributed by atoms with E-state index in [1.807, 2.05) is 0 Å². The summed E-state index contributed by atoms with van der Waals surface area (Å²) in [4.78, 5) is 12.6. The number of halogens is 1. The normalized spacial score (nSPS) is 12.2. The summed E-state index contributed by atoms with van der Waals surface area (Å²) in [6.45, 7) is 1.51. The molecule has 2 rings (SSSR count). The molecule has 0 unspecified atom stereocenters. The van der Waals surface area contributed by atoms with Gasteiger partial charge in [-0.1, -0.05) is 11.6 Å². The highest BCUT2D eigenvalue weighted by Crippen LogP contribution is 2.28.